The monoisotopic (exact) mass is 443 g/mol. The van der Waals surface area contributed by atoms with E-state index in [0.29, 0.717) is 22.2 Å². The van der Waals surface area contributed by atoms with Crippen LogP contribution >= 0.6 is 23.4 Å². The second-order valence-corrected chi connectivity index (χ2v) is 7.98. The Bertz CT molecular complexity index is 1210. The lowest BCUT2D eigenvalue weighted by Gasteiger charge is -2.31. The predicted octanol–water partition coefficient (Wildman–Crippen LogP) is 3.71. The van der Waals surface area contributed by atoms with Gasteiger partial charge < -0.3 is 0 Å². The third-order valence-electron chi connectivity index (χ3n) is 4.69. The fourth-order valence-electron chi connectivity index (χ4n) is 3.53. The molecule has 6 nitrogen and oxygen atoms in total. The summed E-state index contributed by atoms with van der Waals surface area (Å²) in [7, 11) is 0. The summed E-state index contributed by atoms with van der Waals surface area (Å²) in [6, 6.07) is 11.2. The Morgan fingerprint density at radius 3 is 2.83 bits per heavy atom. The lowest BCUT2D eigenvalue weighted by molar-refractivity contribution is -0.763. The normalized spacial score (nSPS) is 14.8. The number of amides is 1. The van der Waals surface area contributed by atoms with E-state index >= 15 is 0 Å². The summed E-state index contributed by atoms with van der Waals surface area (Å²) in [5.41, 5.74) is 0.881. The van der Waals surface area contributed by atoms with Crippen LogP contribution in [0.1, 0.15) is 18.7 Å². The molecule has 152 valence electrons. The summed E-state index contributed by atoms with van der Waals surface area (Å²) < 4.78 is 16.4. The van der Waals surface area contributed by atoms with E-state index in [4.69, 9.17) is 11.6 Å². The zero-order valence-corrected chi connectivity index (χ0v) is 17.5. The summed E-state index contributed by atoms with van der Waals surface area (Å²) >= 11 is 7.63. The van der Waals surface area contributed by atoms with E-state index in [-0.39, 0.29) is 22.2 Å². The van der Waals surface area contributed by atoms with Gasteiger partial charge in [0.05, 0.1) is 21.8 Å². The quantitative estimate of drug-likeness (QED) is 0.379. The zero-order valence-electron chi connectivity index (χ0n) is 15.9. The number of aromatic nitrogens is 3. The maximum absolute atomic E-state index is 15.0. The molecule has 2 aromatic carbocycles. The molecule has 0 spiro atoms. The van der Waals surface area contributed by atoms with Gasteiger partial charge in [0.15, 0.2) is 0 Å². The van der Waals surface area contributed by atoms with Crippen molar-refractivity contribution in [2.24, 2.45) is 0 Å². The van der Waals surface area contributed by atoms with E-state index in [0.717, 1.165) is 0 Å². The minimum absolute atomic E-state index is 0.0629. The topological polar surface area (TPSA) is 69.9 Å². The van der Waals surface area contributed by atoms with Gasteiger partial charge in [-0.1, -0.05) is 47.6 Å². The van der Waals surface area contributed by atoms with Crippen LogP contribution in [0.15, 0.2) is 65.1 Å². The maximum atomic E-state index is 15.0. The highest BCUT2D eigenvalue weighted by Gasteiger charge is 2.46. The molecule has 0 radical (unpaired) electrons. The molecule has 2 heterocycles. The molecule has 4 rings (SSSR count). The van der Waals surface area contributed by atoms with Crippen LogP contribution in [0.3, 0.4) is 0 Å². The van der Waals surface area contributed by atoms with E-state index in [1.807, 2.05) is 0 Å². The fraction of sp³-hybridized carbons (Fsp3) is 0.143. The van der Waals surface area contributed by atoms with E-state index in [1.165, 1.54) is 40.4 Å². The number of carbonyl (C=O) groups excluding carboxylic acids is 1. The second kappa shape index (κ2) is 8.04. The number of hydrogen-bond acceptors (Lipinski definition) is 4. The molecule has 0 aliphatic carbocycles. The van der Waals surface area contributed by atoms with Crippen LogP contribution in [-0.4, -0.2) is 21.7 Å². The number of carbonyl (C=O) groups is 1. The highest BCUT2D eigenvalue weighted by Crippen LogP contribution is 2.39. The molecule has 0 fully saturated rings. The van der Waals surface area contributed by atoms with Crippen molar-refractivity contribution < 1.29 is 13.9 Å². The van der Waals surface area contributed by atoms with E-state index in [2.05, 4.69) is 16.7 Å². The van der Waals surface area contributed by atoms with Gasteiger partial charge in [0.2, 0.25) is 11.1 Å². The Kier molecular flexibility index (Phi) is 5.44. The molecule has 0 unspecified atom stereocenters. The highest BCUT2D eigenvalue weighted by atomic mass is 35.5. The Balaban J connectivity index is 2.09. The van der Waals surface area contributed by atoms with Crippen LogP contribution in [-0.2, 0) is 4.79 Å². The molecule has 1 aliphatic heterocycles. The van der Waals surface area contributed by atoms with Crippen LogP contribution < -0.4 is 15.1 Å². The molecule has 0 bridgehead atoms. The first-order chi connectivity index (χ1) is 14.4. The second-order valence-electron chi connectivity index (χ2n) is 6.57. The van der Waals surface area contributed by atoms with Crippen molar-refractivity contribution in [3.8, 4) is 11.3 Å². The first kappa shape index (κ1) is 20.3. The molecule has 0 saturated carbocycles. The minimum atomic E-state index is -1.06. The molecule has 3 aromatic rings. The maximum Gasteiger partial charge on any atom is 0.325 e. The summed E-state index contributed by atoms with van der Waals surface area (Å²) in [6.07, 6.45) is 0.614. The number of hydrogen-bond donors (Lipinski definition) is 1. The van der Waals surface area contributed by atoms with Crippen LogP contribution in [0.4, 0.5) is 10.1 Å². The average Bonchev–Trinajstić information content (AvgIpc) is 2.71. The SMILES string of the molecule is C=CCSc1n[n+]2c(c(=O)[nH]1)-c1ccccc1N(C(C)=O)[C@H]2c1c(F)cccc1Cl. The third kappa shape index (κ3) is 3.32. The highest BCUT2D eigenvalue weighted by molar-refractivity contribution is 7.99. The molecular formula is C21H17ClFN4O2S+. The summed E-state index contributed by atoms with van der Waals surface area (Å²) in [4.78, 5) is 29.9. The van der Waals surface area contributed by atoms with Crippen LogP contribution in [0.5, 0.6) is 0 Å². The number of thioether (sulfide) groups is 1. The average molecular weight is 444 g/mol. The fourth-order valence-corrected chi connectivity index (χ4v) is 4.38. The van der Waals surface area contributed by atoms with Gasteiger partial charge in [0, 0.05) is 17.8 Å². The van der Waals surface area contributed by atoms with Crippen molar-refractivity contribution in [3.05, 3.63) is 81.9 Å². The van der Waals surface area contributed by atoms with Crippen LogP contribution in [0, 0.1) is 5.82 Å². The van der Waals surface area contributed by atoms with Crippen molar-refractivity contribution >= 4 is 35.0 Å². The smallest absolute Gasteiger partial charge is 0.291 e. The standard InChI is InChI=1S/C21H16ClFN4O2S/c1-3-11-30-21-24-19(29)18-13-7-4-5-10-16(13)26(12(2)28)20(27(18)25-21)17-14(22)8-6-9-15(17)23/h3-10,20H,1,11H2,2H3/p+1/t20-/m1/s1. The molecule has 1 amide bonds. The Hall–Kier alpha value is -2.97. The molecule has 0 saturated heterocycles. The minimum Gasteiger partial charge on any atom is -0.291 e. The Morgan fingerprint density at radius 2 is 2.13 bits per heavy atom. The summed E-state index contributed by atoms with van der Waals surface area (Å²) in [6.45, 7) is 5.05. The molecule has 9 heteroatoms. The number of rotatable bonds is 4. The van der Waals surface area contributed by atoms with Gasteiger partial charge in [-0.05, 0) is 28.9 Å². The molecular weight excluding hydrogens is 427 g/mol. The van der Waals surface area contributed by atoms with Gasteiger partial charge in [-0.25, -0.2) is 9.29 Å². The number of nitrogens with zero attached hydrogens (tertiary/aromatic N) is 3. The molecule has 30 heavy (non-hydrogen) atoms. The van der Waals surface area contributed by atoms with Gasteiger partial charge in [0.1, 0.15) is 5.82 Å². The van der Waals surface area contributed by atoms with Gasteiger partial charge >= 0.3 is 11.3 Å². The Morgan fingerprint density at radius 1 is 1.37 bits per heavy atom. The van der Waals surface area contributed by atoms with Gasteiger partial charge in [-0.3, -0.25) is 14.6 Å². The molecule has 1 atom stereocenters. The van der Waals surface area contributed by atoms with Gasteiger partial charge in [-0.15, -0.1) is 6.58 Å². The number of nitrogens with one attached hydrogen (secondary N) is 1. The van der Waals surface area contributed by atoms with Crippen molar-refractivity contribution in [1.29, 1.82) is 0 Å². The van der Waals surface area contributed by atoms with E-state index in [9.17, 15) is 14.0 Å². The first-order valence-corrected chi connectivity index (χ1v) is 10.4. The first-order valence-electron chi connectivity index (χ1n) is 9.07. The largest absolute Gasteiger partial charge is 0.325 e. The van der Waals surface area contributed by atoms with Crippen molar-refractivity contribution in [3.63, 3.8) is 0 Å². The van der Waals surface area contributed by atoms with Crippen LogP contribution in [0.2, 0.25) is 5.02 Å². The molecule has 1 aliphatic rings. The third-order valence-corrected chi connectivity index (χ3v) is 5.88. The number of H-pyrrole nitrogens is 1. The van der Waals surface area contributed by atoms with Crippen molar-refractivity contribution in [1.82, 2.24) is 10.1 Å². The molecule has 1 N–H and O–H groups in total. The number of aromatic amines is 1. The number of fused-ring (bicyclic) bond motifs is 3. The zero-order chi connectivity index (χ0) is 21.4. The van der Waals surface area contributed by atoms with E-state index < -0.39 is 17.5 Å². The van der Waals surface area contributed by atoms with Crippen molar-refractivity contribution in [2.45, 2.75) is 18.2 Å². The number of benzene rings is 2. The lowest BCUT2D eigenvalue weighted by atomic mass is 10.0. The summed E-state index contributed by atoms with van der Waals surface area (Å²) in [5, 5.41) is 4.99. The van der Waals surface area contributed by atoms with Crippen molar-refractivity contribution in [2.75, 3.05) is 10.7 Å². The molecule has 1 aromatic heterocycles. The number of halogens is 2. The van der Waals surface area contributed by atoms with E-state index in [1.54, 1.807) is 36.4 Å². The van der Waals surface area contributed by atoms with Gasteiger partial charge in [-0.2, -0.15) is 0 Å². The Labute approximate surface area is 181 Å². The number of para-hydroxylation sites is 1. The number of anilines is 1. The summed E-state index contributed by atoms with van der Waals surface area (Å²) in [5.74, 6) is -0.424. The van der Waals surface area contributed by atoms with Gasteiger partial charge in [0.25, 0.3) is 6.17 Å². The lowest BCUT2D eigenvalue weighted by Crippen LogP contribution is -2.61. The predicted molar refractivity (Wildman–Crippen MR) is 114 cm³/mol. The van der Waals surface area contributed by atoms with Crippen LogP contribution in [0.25, 0.3) is 11.3 Å².